The molecule has 1 aromatic rings. The molecule has 0 bridgehead atoms. The van der Waals surface area contributed by atoms with Crippen molar-refractivity contribution in [2.45, 2.75) is 32.7 Å². The Labute approximate surface area is 121 Å². The van der Waals surface area contributed by atoms with Crippen LogP contribution < -0.4 is 10.1 Å². The van der Waals surface area contributed by atoms with E-state index < -0.39 is 0 Å². The molecular weight excluding hydrogens is 321 g/mol. The summed E-state index contributed by atoms with van der Waals surface area (Å²) >= 11 is 9.02. The molecule has 1 aromatic carbocycles. The average Bonchev–Trinajstić information content (AvgIpc) is 2.23. The van der Waals surface area contributed by atoms with Crippen molar-refractivity contribution in [3.05, 3.63) is 27.4 Å². The van der Waals surface area contributed by atoms with Crippen LogP contribution in [0.2, 0.25) is 5.02 Å². The lowest BCUT2D eigenvalue weighted by Crippen LogP contribution is -2.36. The molecule has 0 saturated heterocycles. The van der Waals surface area contributed by atoms with Crippen LogP contribution in [0.4, 0.5) is 4.39 Å². The second-order valence-electron chi connectivity index (χ2n) is 5.08. The van der Waals surface area contributed by atoms with Gasteiger partial charge in [0.05, 0.1) is 16.1 Å². The van der Waals surface area contributed by atoms with E-state index in [4.69, 9.17) is 16.3 Å². The molecule has 0 atom stereocenters. The van der Waals surface area contributed by atoms with Gasteiger partial charge in [-0.05, 0) is 55.7 Å². The summed E-state index contributed by atoms with van der Waals surface area (Å²) in [7, 11) is 0. The Hall–Kier alpha value is -0.320. The minimum atomic E-state index is -0.373. The summed E-state index contributed by atoms with van der Waals surface area (Å²) in [4.78, 5) is 0. The molecule has 0 heterocycles. The lowest BCUT2D eigenvalue weighted by atomic mass is 10.1. The van der Waals surface area contributed by atoms with Gasteiger partial charge in [0.25, 0.3) is 0 Å². The number of ether oxygens (including phenoxy) is 1. The molecule has 0 aliphatic rings. The van der Waals surface area contributed by atoms with E-state index in [0.717, 1.165) is 13.0 Å². The van der Waals surface area contributed by atoms with Gasteiger partial charge in [-0.15, -0.1) is 0 Å². The molecule has 0 radical (unpaired) electrons. The van der Waals surface area contributed by atoms with Crippen LogP contribution in [0, 0.1) is 5.82 Å². The maximum absolute atomic E-state index is 13.3. The lowest BCUT2D eigenvalue weighted by molar-refractivity contribution is 0.297. The van der Waals surface area contributed by atoms with Crippen LogP contribution in [-0.2, 0) is 0 Å². The van der Waals surface area contributed by atoms with Gasteiger partial charge in [0, 0.05) is 11.6 Å². The zero-order valence-electron chi connectivity index (χ0n) is 10.8. The largest absolute Gasteiger partial charge is 0.492 e. The first kappa shape index (κ1) is 15.7. The van der Waals surface area contributed by atoms with Gasteiger partial charge in [0.1, 0.15) is 11.6 Å². The SMILES string of the molecule is CC(C)(C)NCCCOc1cc(F)c(Br)cc1Cl. The van der Waals surface area contributed by atoms with Gasteiger partial charge >= 0.3 is 0 Å². The molecule has 1 N–H and O–H groups in total. The van der Waals surface area contributed by atoms with Gasteiger partial charge in [-0.2, -0.15) is 0 Å². The lowest BCUT2D eigenvalue weighted by Gasteiger charge is -2.20. The molecule has 2 nitrogen and oxygen atoms in total. The first-order valence-electron chi connectivity index (χ1n) is 5.82. The minimum absolute atomic E-state index is 0.0986. The van der Waals surface area contributed by atoms with Gasteiger partial charge in [-0.3, -0.25) is 0 Å². The molecule has 102 valence electrons. The summed E-state index contributed by atoms with van der Waals surface area (Å²) in [5.74, 6) is 0.00958. The normalized spacial score (nSPS) is 11.7. The van der Waals surface area contributed by atoms with Crippen LogP contribution in [0.3, 0.4) is 0 Å². The van der Waals surface area contributed by atoms with Crippen molar-refractivity contribution in [2.75, 3.05) is 13.2 Å². The minimum Gasteiger partial charge on any atom is -0.492 e. The van der Waals surface area contributed by atoms with Gasteiger partial charge in [-0.25, -0.2) is 4.39 Å². The number of hydrogen-bond acceptors (Lipinski definition) is 2. The summed E-state index contributed by atoms with van der Waals surface area (Å²) in [6, 6.07) is 2.79. The molecule has 0 aliphatic heterocycles. The summed E-state index contributed by atoms with van der Waals surface area (Å²) < 4.78 is 19.1. The average molecular weight is 339 g/mol. The number of rotatable bonds is 5. The van der Waals surface area contributed by atoms with Crippen LogP contribution in [-0.4, -0.2) is 18.7 Å². The maximum Gasteiger partial charge on any atom is 0.141 e. The summed E-state index contributed by atoms with van der Waals surface area (Å²) in [5, 5.41) is 3.76. The van der Waals surface area contributed by atoms with Gasteiger partial charge < -0.3 is 10.1 Å². The number of nitrogens with one attached hydrogen (secondary N) is 1. The summed E-state index contributed by atoms with van der Waals surface area (Å²) in [5.41, 5.74) is 0.0986. The van der Waals surface area contributed by atoms with Gasteiger partial charge in [-0.1, -0.05) is 11.6 Å². The molecule has 0 aromatic heterocycles. The van der Waals surface area contributed by atoms with E-state index in [2.05, 4.69) is 42.0 Å². The van der Waals surface area contributed by atoms with Gasteiger partial charge in [0.2, 0.25) is 0 Å². The van der Waals surface area contributed by atoms with E-state index >= 15 is 0 Å². The fourth-order valence-corrected chi connectivity index (χ4v) is 2.03. The molecule has 0 saturated carbocycles. The highest BCUT2D eigenvalue weighted by molar-refractivity contribution is 9.10. The van der Waals surface area contributed by atoms with Crippen molar-refractivity contribution in [3.63, 3.8) is 0 Å². The van der Waals surface area contributed by atoms with Crippen LogP contribution in [0.25, 0.3) is 0 Å². The number of benzene rings is 1. The zero-order valence-corrected chi connectivity index (χ0v) is 13.2. The van der Waals surface area contributed by atoms with Crippen LogP contribution in [0.5, 0.6) is 5.75 Å². The molecule has 18 heavy (non-hydrogen) atoms. The smallest absolute Gasteiger partial charge is 0.141 e. The number of halogens is 3. The predicted molar refractivity (Wildman–Crippen MR) is 77.0 cm³/mol. The van der Waals surface area contributed by atoms with Crippen molar-refractivity contribution in [3.8, 4) is 5.75 Å². The Kier molecular flexibility index (Phi) is 5.89. The molecule has 0 unspecified atom stereocenters. The van der Waals surface area contributed by atoms with Crippen LogP contribution in [0.1, 0.15) is 27.2 Å². The van der Waals surface area contributed by atoms with Gasteiger partial charge in [0.15, 0.2) is 0 Å². The zero-order chi connectivity index (χ0) is 13.8. The standard InChI is InChI=1S/C13H18BrClFNO/c1-13(2,3)17-5-4-6-18-12-8-11(16)9(14)7-10(12)15/h7-8,17H,4-6H2,1-3H3. The van der Waals surface area contributed by atoms with Crippen LogP contribution in [0.15, 0.2) is 16.6 Å². The van der Waals surface area contributed by atoms with Crippen molar-refractivity contribution in [1.29, 1.82) is 0 Å². The first-order chi connectivity index (χ1) is 8.29. The Balaban J connectivity index is 2.38. The first-order valence-corrected chi connectivity index (χ1v) is 6.99. The Morgan fingerprint density at radius 2 is 2.06 bits per heavy atom. The van der Waals surface area contributed by atoms with Crippen molar-refractivity contribution in [2.24, 2.45) is 0 Å². The third kappa shape index (κ3) is 5.55. The Morgan fingerprint density at radius 1 is 1.39 bits per heavy atom. The van der Waals surface area contributed by atoms with E-state index in [0.29, 0.717) is 21.9 Å². The maximum atomic E-state index is 13.3. The van der Waals surface area contributed by atoms with E-state index in [1.807, 2.05) is 0 Å². The highest BCUT2D eigenvalue weighted by atomic mass is 79.9. The highest BCUT2D eigenvalue weighted by Gasteiger charge is 2.09. The second-order valence-corrected chi connectivity index (χ2v) is 6.34. The molecule has 0 fully saturated rings. The third-order valence-electron chi connectivity index (χ3n) is 2.21. The predicted octanol–water partition coefficient (Wildman–Crippen LogP) is 4.40. The quantitative estimate of drug-likeness (QED) is 0.635. The van der Waals surface area contributed by atoms with Crippen molar-refractivity contribution in [1.82, 2.24) is 5.32 Å². The van der Waals surface area contributed by atoms with Crippen LogP contribution >= 0.6 is 27.5 Å². The molecule has 0 amide bonds. The Morgan fingerprint density at radius 3 is 2.67 bits per heavy atom. The Bertz CT molecular complexity index is 407. The fourth-order valence-electron chi connectivity index (χ4n) is 1.33. The third-order valence-corrected chi connectivity index (χ3v) is 3.11. The van der Waals surface area contributed by atoms with E-state index in [9.17, 15) is 4.39 Å². The monoisotopic (exact) mass is 337 g/mol. The van der Waals surface area contributed by atoms with Crippen molar-refractivity contribution < 1.29 is 9.13 Å². The number of hydrogen-bond donors (Lipinski definition) is 1. The molecule has 0 aliphatic carbocycles. The van der Waals surface area contributed by atoms with E-state index in [-0.39, 0.29) is 11.4 Å². The second kappa shape index (κ2) is 6.73. The molecule has 1 rings (SSSR count). The topological polar surface area (TPSA) is 21.3 Å². The van der Waals surface area contributed by atoms with E-state index in [1.165, 1.54) is 12.1 Å². The molecule has 5 heteroatoms. The van der Waals surface area contributed by atoms with Crippen molar-refractivity contribution >= 4 is 27.5 Å². The van der Waals surface area contributed by atoms with E-state index in [1.54, 1.807) is 0 Å². The summed E-state index contributed by atoms with van der Waals surface area (Å²) in [6.07, 6.45) is 0.839. The summed E-state index contributed by atoms with van der Waals surface area (Å²) in [6.45, 7) is 7.67. The highest BCUT2D eigenvalue weighted by Crippen LogP contribution is 2.30. The fraction of sp³-hybridized carbons (Fsp3) is 0.538. The molecule has 0 spiro atoms. The molecular formula is C13H18BrClFNO.